The van der Waals surface area contributed by atoms with E-state index in [0.29, 0.717) is 19.5 Å². The summed E-state index contributed by atoms with van der Waals surface area (Å²) in [4.78, 5) is 28.7. The Morgan fingerprint density at radius 2 is 2.00 bits per heavy atom. The predicted molar refractivity (Wildman–Crippen MR) is 94.7 cm³/mol. The van der Waals surface area contributed by atoms with Gasteiger partial charge in [0.25, 0.3) is 0 Å². The molecule has 0 aromatic heterocycles. The van der Waals surface area contributed by atoms with E-state index in [0.717, 1.165) is 24.5 Å². The van der Waals surface area contributed by atoms with E-state index >= 15 is 0 Å². The van der Waals surface area contributed by atoms with Crippen LogP contribution in [0.1, 0.15) is 13.3 Å². The summed E-state index contributed by atoms with van der Waals surface area (Å²) in [7, 11) is 1.61. The number of carbonyl (C=O) groups excluding carboxylic acids is 2. The second-order valence-corrected chi connectivity index (χ2v) is 6.19. The summed E-state index contributed by atoms with van der Waals surface area (Å²) in [6, 6.07) is 7.56. The minimum absolute atomic E-state index is 0. The molecule has 0 aliphatic carbocycles. The lowest BCUT2D eigenvalue weighted by Crippen LogP contribution is -2.54. The van der Waals surface area contributed by atoms with Gasteiger partial charge in [0.05, 0.1) is 13.0 Å². The third-order valence-electron chi connectivity index (χ3n) is 4.64. The summed E-state index contributed by atoms with van der Waals surface area (Å²) in [5.41, 5.74) is 0.819. The van der Waals surface area contributed by atoms with Crippen LogP contribution in [-0.4, -0.2) is 56.0 Å². The number of rotatable bonds is 3. The summed E-state index contributed by atoms with van der Waals surface area (Å²) >= 11 is 0. The normalized spacial score (nSPS) is 23.8. The van der Waals surface area contributed by atoms with E-state index in [9.17, 15) is 9.59 Å². The van der Waals surface area contributed by atoms with Gasteiger partial charge < -0.3 is 19.9 Å². The van der Waals surface area contributed by atoms with Gasteiger partial charge in [-0.25, -0.2) is 0 Å². The van der Waals surface area contributed by atoms with E-state index in [2.05, 4.69) is 5.32 Å². The van der Waals surface area contributed by atoms with Gasteiger partial charge in [0.15, 0.2) is 0 Å². The fourth-order valence-electron chi connectivity index (χ4n) is 3.29. The number of methoxy groups -OCH3 is 1. The lowest BCUT2D eigenvalue weighted by molar-refractivity contribution is -0.138. The number of carbonyl (C=O) groups is 2. The molecule has 2 fully saturated rings. The summed E-state index contributed by atoms with van der Waals surface area (Å²) < 4.78 is 5.14. The van der Waals surface area contributed by atoms with Crippen molar-refractivity contribution in [1.82, 2.24) is 10.2 Å². The molecule has 0 radical (unpaired) electrons. The largest absolute Gasteiger partial charge is 0.497 e. The molecule has 2 heterocycles. The Morgan fingerprint density at radius 1 is 1.29 bits per heavy atom. The minimum atomic E-state index is -0.245. The molecule has 1 aromatic carbocycles. The van der Waals surface area contributed by atoms with Crippen molar-refractivity contribution in [2.45, 2.75) is 19.4 Å². The third kappa shape index (κ3) is 3.65. The second kappa shape index (κ2) is 7.85. The van der Waals surface area contributed by atoms with Crippen LogP contribution >= 0.6 is 12.4 Å². The van der Waals surface area contributed by atoms with E-state index < -0.39 is 0 Å². The quantitative estimate of drug-likeness (QED) is 0.889. The lowest BCUT2D eigenvalue weighted by Gasteiger charge is -2.35. The van der Waals surface area contributed by atoms with Crippen molar-refractivity contribution >= 4 is 29.9 Å². The summed E-state index contributed by atoms with van der Waals surface area (Å²) in [6.07, 6.45) is 0.293. The number of benzene rings is 1. The Bertz CT molecular complexity index is 593. The van der Waals surface area contributed by atoms with Crippen molar-refractivity contribution < 1.29 is 14.3 Å². The summed E-state index contributed by atoms with van der Waals surface area (Å²) in [5.74, 6) is 0.618. The number of piperazine rings is 1. The Hall–Kier alpha value is -1.79. The highest BCUT2D eigenvalue weighted by atomic mass is 35.5. The van der Waals surface area contributed by atoms with E-state index in [1.54, 1.807) is 12.0 Å². The van der Waals surface area contributed by atoms with Gasteiger partial charge in [-0.2, -0.15) is 0 Å². The Morgan fingerprint density at radius 3 is 2.62 bits per heavy atom. The third-order valence-corrected chi connectivity index (χ3v) is 4.64. The molecule has 6 nitrogen and oxygen atoms in total. The van der Waals surface area contributed by atoms with E-state index in [1.807, 2.05) is 36.1 Å². The van der Waals surface area contributed by atoms with E-state index in [-0.39, 0.29) is 36.2 Å². The number of hydrogen-bond donors (Lipinski definition) is 1. The van der Waals surface area contributed by atoms with Crippen molar-refractivity contribution in [2.24, 2.45) is 5.92 Å². The molecule has 0 spiro atoms. The SMILES string of the molecule is COc1ccc(N2CC(C(=O)N3CCNCC3C)CC2=O)cc1.Cl. The molecule has 2 aliphatic heterocycles. The maximum Gasteiger partial charge on any atom is 0.228 e. The van der Waals surface area contributed by atoms with Gasteiger partial charge in [-0.05, 0) is 31.2 Å². The molecule has 7 heteroatoms. The van der Waals surface area contributed by atoms with Crippen LogP contribution in [0.25, 0.3) is 0 Å². The van der Waals surface area contributed by atoms with Gasteiger partial charge in [0.1, 0.15) is 5.75 Å². The molecule has 0 saturated carbocycles. The van der Waals surface area contributed by atoms with Crippen molar-refractivity contribution in [3.8, 4) is 5.75 Å². The topological polar surface area (TPSA) is 61.9 Å². The molecule has 2 aliphatic rings. The van der Waals surface area contributed by atoms with Gasteiger partial charge >= 0.3 is 0 Å². The fraction of sp³-hybridized carbons (Fsp3) is 0.529. The lowest BCUT2D eigenvalue weighted by atomic mass is 10.1. The number of amides is 2. The Kier molecular flexibility index (Phi) is 6.07. The highest BCUT2D eigenvalue weighted by Crippen LogP contribution is 2.28. The maximum absolute atomic E-state index is 12.7. The van der Waals surface area contributed by atoms with Gasteiger partial charge in [-0.1, -0.05) is 0 Å². The predicted octanol–water partition coefficient (Wildman–Crippen LogP) is 1.29. The Labute approximate surface area is 148 Å². The standard InChI is InChI=1S/C17H23N3O3.ClH/c1-12-10-18-7-8-19(12)17(22)13-9-16(21)20(11-13)14-3-5-15(23-2)6-4-14;/h3-6,12-13,18H,7-11H2,1-2H3;1H. The first-order chi connectivity index (χ1) is 11.1. The molecule has 1 N–H and O–H groups in total. The van der Waals surface area contributed by atoms with Crippen LogP contribution in [0.2, 0.25) is 0 Å². The number of anilines is 1. The average molecular weight is 354 g/mol. The van der Waals surface area contributed by atoms with Gasteiger partial charge in [-0.3, -0.25) is 9.59 Å². The number of ether oxygens (including phenoxy) is 1. The maximum atomic E-state index is 12.7. The van der Waals surface area contributed by atoms with Crippen LogP contribution in [0.4, 0.5) is 5.69 Å². The van der Waals surface area contributed by atoms with Crippen molar-refractivity contribution in [3.05, 3.63) is 24.3 Å². The molecule has 2 saturated heterocycles. The van der Waals surface area contributed by atoms with Gasteiger partial charge in [-0.15, -0.1) is 12.4 Å². The molecule has 2 atom stereocenters. The molecule has 24 heavy (non-hydrogen) atoms. The highest BCUT2D eigenvalue weighted by molar-refractivity contribution is 6.00. The number of nitrogens with zero attached hydrogens (tertiary/aromatic N) is 2. The zero-order valence-corrected chi connectivity index (χ0v) is 14.8. The molecule has 132 valence electrons. The molecule has 2 unspecified atom stereocenters. The highest BCUT2D eigenvalue weighted by Gasteiger charge is 2.38. The first-order valence-electron chi connectivity index (χ1n) is 8.05. The van der Waals surface area contributed by atoms with Crippen molar-refractivity contribution in [2.75, 3.05) is 38.2 Å². The monoisotopic (exact) mass is 353 g/mol. The summed E-state index contributed by atoms with van der Waals surface area (Å²) in [6.45, 7) is 4.85. The molecular formula is C17H24ClN3O3. The van der Waals surface area contributed by atoms with Crippen LogP contribution in [0.5, 0.6) is 5.75 Å². The average Bonchev–Trinajstić information content (AvgIpc) is 2.96. The van der Waals surface area contributed by atoms with Crippen molar-refractivity contribution in [3.63, 3.8) is 0 Å². The van der Waals surface area contributed by atoms with Crippen LogP contribution < -0.4 is 15.0 Å². The van der Waals surface area contributed by atoms with Crippen LogP contribution in [0, 0.1) is 5.92 Å². The van der Waals surface area contributed by atoms with Crippen LogP contribution in [0.15, 0.2) is 24.3 Å². The molecule has 0 bridgehead atoms. The minimum Gasteiger partial charge on any atom is -0.497 e. The molecule has 1 aromatic rings. The van der Waals surface area contributed by atoms with Gasteiger partial charge in [0, 0.05) is 44.3 Å². The van der Waals surface area contributed by atoms with E-state index in [4.69, 9.17) is 4.74 Å². The first-order valence-corrected chi connectivity index (χ1v) is 8.05. The zero-order chi connectivity index (χ0) is 16.4. The van der Waals surface area contributed by atoms with Crippen LogP contribution in [0.3, 0.4) is 0 Å². The molecule has 3 rings (SSSR count). The van der Waals surface area contributed by atoms with Gasteiger partial charge in [0.2, 0.25) is 11.8 Å². The van der Waals surface area contributed by atoms with Crippen molar-refractivity contribution in [1.29, 1.82) is 0 Å². The second-order valence-electron chi connectivity index (χ2n) is 6.19. The number of nitrogens with one attached hydrogen (secondary N) is 1. The number of hydrogen-bond acceptors (Lipinski definition) is 4. The fourth-order valence-corrected chi connectivity index (χ4v) is 3.29. The molecular weight excluding hydrogens is 330 g/mol. The van der Waals surface area contributed by atoms with Crippen LogP contribution in [-0.2, 0) is 9.59 Å². The van der Waals surface area contributed by atoms with E-state index in [1.165, 1.54) is 0 Å². The first kappa shape index (κ1) is 18.5. The summed E-state index contributed by atoms with van der Waals surface area (Å²) in [5, 5.41) is 3.28. The zero-order valence-electron chi connectivity index (χ0n) is 14.0. The number of halogens is 1. The Balaban J connectivity index is 0.00000208. The molecule has 2 amide bonds. The smallest absolute Gasteiger partial charge is 0.228 e.